The lowest BCUT2D eigenvalue weighted by atomic mass is 10.1. The number of nitrogens with one attached hydrogen (secondary N) is 2. The average molecular weight is 387 g/mol. The molecule has 0 saturated heterocycles. The van der Waals surface area contributed by atoms with Gasteiger partial charge in [0.25, 0.3) is 5.91 Å². The normalized spacial score (nSPS) is 10.4. The Morgan fingerprint density at radius 3 is 2.42 bits per heavy atom. The summed E-state index contributed by atoms with van der Waals surface area (Å²) in [7, 11) is 0. The zero-order valence-corrected chi connectivity index (χ0v) is 15.3. The maximum Gasteiger partial charge on any atom is 0.258 e. The van der Waals surface area contributed by atoms with Gasteiger partial charge < -0.3 is 10.6 Å². The van der Waals surface area contributed by atoms with E-state index in [9.17, 15) is 4.79 Å². The molecule has 26 heavy (non-hydrogen) atoms. The molecular formula is C19H16Cl2N4O. The van der Waals surface area contributed by atoms with Crippen molar-refractivity contribution < 1.29 is 4.79 Å². The Kier molecular flexibility index (Phi) is 6.04. The Morgan fingerprint density at radius 1 is 1.00 bits per heavy atom. The van der Waals surface area contributed by atoms with E-state index in [0.29, 0.717) is 34.5 Å². The number of carbonyl (C=O) groups is 1. The van der Waals surface area contributed by atoms with Crippen molar-refractivity contribution in [2.75, 3.05) is 17.2 Å². The maximum absolute atomic E-state index is 12.2. The van der Waals surface area contributed by atoms with Gasteiger partial charge in [0.1, 0.15) is 0 Å². The first-order valence-corrected chi connectivity index (χ1v) is 8.73. The topological polar surface area (TPSA) is 66.9 Å². The SMILES string of the molecule is O=C(Nc1ccccc1)c1cnc(NCCc2ccc(Cl)cc2Cl)nc1. The van der Waals surface area contributed by atoms with Crippen LogP contribution in [0.3, 0.4) is 0 Å². The first-order valence-electron chi connectivity index (χ1n) is 7.98. The largest absolute Gasteiger partial charge is 0.354 e. The smallest absolute Gasteiger partial charge is 0.258 e. The van der Waals surface area contributed by atoms with Crippen molar-refractivity contribution >= 4 is 40.7 Å². The number of para-hydroxylation sites is 1. The van der Waals surface area contributed by atoms with Crippen LogP contribution in [0.25, 0.3) is 0 Å². The van der Waals surface area contributed by atoms with Gasteiger partial charge in [-0.25, -0.2) is 9.97 Å². The van der Waals surface area contributed by atoms with E-state index in [-0.39, 0.29) is 5.91 Å². The first kappa shape index (κ1) is 18.2. The number of hydrogen-bond acceptors (Lipinski definition) is 4. The summed E-state index contributed by atoms with van der Waals surface area (Å²) >= 11 is 12.0. The van der Waals surface area contributed by atoms with Gasteiger partial charge in [0.05, 0.1) is 5.56 Å². The Morgan fingerprint density at radius 2 is 1.73 bits per heavy atom. The Hall–Kier alpha value is -2.63. The molecule has 0 aliphatic heterocycles. The molecule has 1 aromatic heterocycles. The fraction of sp³-hybridized carbons (Fsp3) is 0.105. The van der Waals surface area contributed by atoms with E-state index >= 15 is 0 Å². The van der Waals surface area contributed by atoms with Crippen molar-refractivity contribution in [3.63, 3.8) is 0 Å². The second-order valence-electron chi connectivity index (χ2n) is 5.53. The van der Waals surface area contributed by atoms with Crippen molar-refractivity contribution in [3.05, 3.63) is 82.1 Å². The second-order valence-corrected chi connectivity index (χ2v) is 6.37. The minimum Gasteiger partial charge on any atom is -0.354 e. The van der Waals surface area contributed by atoms with Gasteiger partial charge in [-0.1, -0.05) is 47.5 Å². The van der Waals surface area contributed by atoms with Crippen molar-refractivity contribution in [2.45, 2.75) is 6.42 Å². The Bertz CT molecular complexity index is 886. The average Bonchev–Trinajstić information content (AvgIpc) is 2.65. The molecule has 0 aliphatic carbocycles. The number of aromatic nitrogens is 2. The summed E-state index contributed by atoms with van der Waals surface area (Å²) < 4.78 is 0. The first-order chi connectivity index (χ1) is 12.6. The number of hydrogen-bond donors (Lipinski definition) is 2. The third-order valence-electron chi connectivity index (χ3n) is 3.64. The lowest BCUT2D eigenvalue weighted by molar-refractivity contribution is 0.102. The highest BCUT2D eigenvalue weighted by molar-refractivity contribution is 6.35. The van der Waals surface area contributed by atoms with Crippen molar-refractivity contribution in [2.24, 2.45) is 0 Å². The monoisotopic (exact) mass is 386 g/mol. The highest BCUT2D eigenvalue weighted by Gasteiger charge is 2.08. The summed E-state index contributed by atoms with van der Waals surface area (Å²) in [6.07, 6.45) is 3.68. The molecule has 2 N–H and O–H groups in total. The molecule has 0 saturated carbocycles. The number of amides is 1. The molecular weight excluding hydrogens is 371 g/mol. The Balaban J connectivity index is 1.53. The van der Waals surface area contributed by atoms with Gasteiger partial charge in [-0.05, 0) is 36.2 Å². The molecule has 0 aliphatic rings. The number of halogens is 2. The molecule has 132 valence electrons. The molecule has 0 unspecified atom stereocenters. The summed E-state index contributed by atoms with van der Waals surface area (Å²) in [5.74, 6) is 0.196. The molecule has 0 fully saturated rings. The molecule has 3 rings (SSSR count). The Labute approximate surface area is 161 Å². The molecule has 0 radical (unpaired) electrons. The number of nitrogens with zero attached hydrogens (tertiary/aromatic N) is 2. The fourth-order valence-corrected chi connectivity index (χ4v) is 2.80. The standard InChI is InChI=1S/C19H16Cl2N4O/c20-15-7-6-13(17(21)10-15)8-9-22-19-23-11-14(12-24-19)18(26)25-16-4-2-1-3-5-16/h1-7,10-12H,8-9H2,(H,25,26)(H,22,23,24). The van der Waals surface area contributed by atoms with Crippen LogP contribution in [0.15, 0.2) is 60.9 Å². The lowest BCUT2D eigenvalue weighted by Crippen LogP contribution is -2.14. The fourth-order valence-electron chi connectivity index (χ4n) is 2.29. The lowest BCUT2D eigenvalue weighted by Gasteiger charge is -2.08. The van der Waals surface area contributed by atoms with Gasteiger partial charge in [0.15, 0.2) is 0 Å². The van der Waals surface area contributed by atoms with E-state index in [1.54, 1.807) is 12.1 Å². The molecule has 2 aromatic carbocycles. The summed E-state index contributed by atoms with van der Waals surface area (Å²) in [6, 6.07) is 14.6. The van der Waals surface area contributed by atoms with Gasteiger partial charge in [-0.2, -0.15) is 0 Å². The van der Waals surface area contributed by atoms with Gasteiger partial charge in [-0.3, -0.25) is 4.79 Å². The third-order valence-corrected chi connectivity index (χ3v) is 4.23. The van der Waals surface area contributed by atoms with Crippen LogP contribution in [-0.4, -0.2) is 22.4 Å². The predicted molar refractivity (Wildman–Crippen MR) is 105 cm³/mol. The van der Waals surface area contributed by atoms with Gasteiger partial charge >= 0.3 is 0 Å². The van der Waals surface area contributed by atoms with Crippen LogP contribution in [0.1, 0.15) is 15.9 Å². The number of carbonyl (C=O) groups excluding carboxylic acids is 1. The molecule has 7 heteroatoms. The van der Waals surface area contributed by atoms with E-state index in [0.717, 1.165) is 11.3 Å². The van der Waals surface area contributed by atoms with E-state index in [1.165, 1.54) is 12.4 Å². The second kappa shape index (κ2) is 8.65. The van der Waals surface area contributed by atoms with E-state index in [1.807, 2.05) is 36.4 Å². The predicted octanol–water partition coefficient (Wildman–Crippen LogP) is 4.69. The molecule has 0 bridgehead atoms. The van der Waals surface area contributed by atoms with E-state index in [2.05, 4.69) is 20.6 Å². The molecule has 0 atom stereocenters. The minimum absolute atomic E-state index is 0.254. The van der Waals surface area contributed by atoms with Gasteiger partial charge in [0, 0.05) is 34.7 Å². The maximum atomic E-state index is 12.2. The summed E-state index contributed by atoms with van der Waals surface area (Å²) in [5.41, 5.74) is 2.10. The number of benzene rings is 2. The molecule has 1 amide bonds. The van der Waals surface area contributed by atoms with Crippen LogP contribution >= 0.6 is 23.2 Å². The number of anilines is 2. The van der Waals surface area contributed by atoms with Crippen LogP contribution in [0.5, 0.6) is 0 Å². The van der Waals surface area contributed by atoms with Crippen LogP contribution in [-0.2, 0) is 6.42 Å². The van der Waals surface area contributed by atoms with E-state index in [4.69, 9.17) is 23.2 Å². The summed E-state index contributed by atoms with van der Waals surface area (Å²) in [5, 5.41) is 7.14. The molecule has 3 aromatic rings. The van der Waals surface area contributed by atoms with Crippen LogP contribution in [0.2, 0.25) is 10.0 Å². The minimum atomic E-state index is -0.254. The van der Waals surface area contributed by atoms with Crippen LogP contribution in [0, 0.1) is 0 Å². The van der Waals surface area contributed by atoms with Gasteiger partial charge in [-0.15, -0.1) is 0 Å². The summed E-state index contributed by atoms with van der Waals surface area (Å²) in [4.78, 5) is 20.5. The quantitative estimate of drug-likeness (QED) is 0.644. The van der Waals surface area contributed by atoms with Crippen molar-refractivity contribution in [1.82, 2.24) is 9.97 Å². The molecule has 1 heterocycles. The third kappa shape index (κ3) is 4.94. The van der Waals surface area contributed by atoms with Crippen LogP contribution in [0.4, 0.5) is 11.6 Å². The van der Waals surface area contributed by atoms with E-state index < -0.39 is 0 Å². The van der Waals surface area contributed by atoms with Crippen molar-refractivity contribution in [1.29, 1.82) is 0 Å². The zero-order chi connectivity index (χ0) is 18.4. The van der Waals surface area contributed by atoms with Crippen molar-refractivity contribution in [3.8, 4) is 0 Å². The zero-order valence-electron chi connectivity index (χ0n) is 13.7. The molecule has 0 spiro atoms. The molecule has 5 nitrogen and oxygen atoms in total. The summed E-state index contributed by atoms with van der Waals surface area (Å²) in [6.45, 7) is 0.608. The van der Waals surface area contributed by atoms with Gasteiger partial charge in [0.2, 0.25) is 5.95 Å². The van der Waals surface area contributed by atoms with Crippen LogP contribution < -0.4 is 10.6 Å². The highest BCUT2D eigenvalue weighted by Crippen LogP contribution is 2.21. The highest BCUT2D eigenvalue weighted by atomic mass is 35.5. The number of rotatable bonds is 6.